The molecule has 2 aromatic carbocycles. The van der Waals surface area contributed by atoms with Crippen LogP contribution in [0.25, 0.3) is 0 Å². The van der Waals surface area contributed by atoms with Gasteiger partial charge in [-0.15, -0.1) is 0 Å². The molecule has 24 heavy (non-hydrogen) atoms. The number of rotatable bonds is 4. The van der Waals surface area contributed by atoms with Gasteiger partial charge in [0.25, 0.3) is 0 Å². The van der Waals surface area contributed by atoms with Crippen molar-refractivity contribution in [2.75, 3.05) is 25.1 Å². The second-order valence-corrected chi connectivity index (χ2v) is 5.93. The van der Waals surface area contributed by atoms with E-state index >= 15 is 0 Å². The summed E-state index contributed by atoms with van der Waals surface area (Å²) in [6, 6.07) is 13.9. The summed E-state index contributed by atoms with van der Waals surface area (Å²) in [5.41, 5.74) is 1.45. The minimum atomic E-state index is -0.301. The summed E-state index contributed by atoms with van der Waals surface area (Å²) in [6.45, 7) is 3.57. The van der Waals surface area contributed by atoms with Crippen LogP contribution in [-0.2, 0) is 11.3 Å². The van der Waals surface area contributed by atoms with Crippen molar-refractivity contribution in [1.29, 1.82) is 0 Å². The average molecular weight is 328 g/mol. The molecule has 1 amide bonds. The number of halogens is 1. The van der Waals surface area contributed by atoms with Gasteiger partial charge in [0.1, 0.15) is 11.6 Å². The van der Waals surface area contributed by atoms with Gasteiger partial charge in [-0.1, -0.05) is 24.3 Å². The molecule has 1 atom stereocenters. The highest BCUT2D eigenvalue weighted by Crippen LogP contribution is 2.25. The quantitative estimate of drug-likeness (QED) is 0.865. The first-order valence-electron chi connectivity index (χ1n) is 8.03. The second kappa shape index (κ2) is 7.01. The van der Waals surface area contributed by atoms with Gasteiger partial charge in [-0.25, -0.2) is 4.39 Å². The Morgan fingerprint density at radius 1 is 1.17 bits per heavy atom. The van der Waals surface area contributed by atoms with Crippen molar-refractivity contribution in [3.63, 3.8) is 0 Å². The standard InChI is InChI=1S/C19H21FN2O2/c1-14-19(23)22(16-7-5-8-17(12-16)24-2)11-10-21(14)13-15-6-3-4-9-18(15)20/h3-9,12,14H,10-11,13H2,1-2H3/t14-/m1/s1. The largest absolute Gasteiger partial charge is 0.497 e. The molecule has 0 aromatic heterocycles. The summed E-state index contributed by atoms with van der Waals surface area (Å²) in [5, 5.41) is 0. The van der Waals surface area contributed by atoms with Crippen molar-refractivity contribution >= 4 is 11.6 Å². The molecule has 0 spiro atoms. The van der Waals surface area contributed by atoms with Crippen LogP contribution < -0.4 is 9.64 Å². The van der Waals surface area contributed by atoms with Crippen LogP contribution in [-0.4, -0.2) is 37.0 Å². The van der Waals surface area contributed by atoms with Gasteiger partial charge in [-0.05, 0) is 25.1 Å². The van der Waals surface area contributed by atoms with Crippen LogP contribution in [0.1, 0.15) is 12.5 Å². The van der Waals surface area contributed by atoms with E-state index in [1.807, 2.05) is 42.2 Å². The van der Waals surface area contributed by atoms with Crippen molar-refractivity contribution in [3.8, 4) is 5.75 Å². The Labute approximate surface area is 141 Å². The van der Waals surface area contributed by atoms with Gasteiger partial charge in [0, 0.05) is 37.0 Å². The highest BCUT2D eigenvalue weighted by Gasteiger charge is 2.32. The van der Waals surface area contributed by atoms with Crippen molar-refractivity contribution in [2.24, 2.45) is 0 Å². The SMILES string of the molecule is COc1cccc(N2CCN(Cc3ccccc3F)[C@H](C)C2=O)c1. The molecular formula is C19H21FN2O2. The Morgan fingerprint density at radius 2 is 1.96 bits per heavy atom. The Bertz CT molecular complexity index is 735. The number of hydrogen-bond donors (Lipinski definition) is 0. The van der Waals surface area contributed by atoms with Gasteiger partial charge < -0.3 is 9.64 Å². The molecule has 0 bridgehead atoms. The zero-order valence-corrected chi connectivity index (χ0v) is 13.9. The van der Waals surface area contributed by atoms with Crippen molar-refractivity contribution < 1.29 is 13.9 Å². The number of nitrogens with zero attached hydrogens (tertiary/aromatic N) is 2. The maximum Gasteiger partial charge on any atom is 0.244 e. The molecule has 0 unspecified atom stereocenters. The highest BCUT2D eigenvalue weighted by molar-refractivity contribution is 5.97. The smallest absolute Gasteiger partial charge is 0.244 e. The number of hydrogen-bond acceptors (Lipinski definition) is 3. The maximum atomic E-state index is 13.9. The van der Waals surface area contributed by atoms with E-state index in [0.29, 0.717) is 25.2 Å². The summed E-state index contributed by atoms with van der Waals surface area (Å²) in [5.74, 6) is 0.514. The molecule has 0 aliphatic carbocycles. The van der Waals surface area contributed by atoms with Crippen LogP contribution in [0.4, 0.5) is 10.1 Å². The molecular weight excluding hydrogens is 307 g/mol. The van der Waals surface area contributed by atoms with E-state index in [1.54, 1.807) is 24.1 Å². The monoisotopic (exact) mass is 328 g/mol. The molecule has 0 N–H and O–H groups in total. The third kappa shape index (κ3) is 3.26. The van der Waals surface area contributed by atoms with Gasteiger partial charge in [-0.3, -0.25) is 9.69 Å². The molecule has 0 saturated carbocycles. The third-order valence-electron chi connectivity index (χ3n) is 4.48. The maximum absolute atomic E-state index is 13.9. The van der Waals surface area contributed by atoms with E-state index in [2.05, 4.69) is 0 Å². The third-order valence-corrected chi connectivity index (χ3v) is 4.48. The van der Waals surface area contributed by atoms with E-state index in [-0.39, 0.29) is 17.8 Å². The summed E-state index contributed by atoms with van der Waals surface area (Å²) in [7, 11) is 1.61. The Kier molecular flexibility index (Phi) is 4.81. The number of carbonyl (C=O) groups excluding carboxylic acids is 1. The van der Waals surface area contributed by atoms with Crippen LogP contribution in [0.15, 0.2) is 48.5 Å². The van der Waals surface area contributed by atoms with E-state index in [4.69, 9.17) is 4.74 Å². The van der Waals surface area contributed by atoms with Crippen molar-refractivity contribution in [2.45, 2.75) is 19.5 Å². The normalized spacial score (nSPS) is 18.7. The fraction of sp³-hybridized carbons (Fsp3) is 0.316. The molecule has 1 aliphatic rings. The minimum absolute atomic E-state index is 0.0193. The predicted octanol–water partition coefficient (Wildman–Crippen LogP) is 3.07. The molecule has 2 aromatic rings. The summed E-state index contributed by atoms with van der Waals surface area (Å²) in [6.07, 6.45) is 0. The summed E-state index contributed by atoms with van der Waals surface area (Å²) >= 11 is 0. The number of benzene rings is 2. The summed E-state index contributed by atoms with van der Waals surface area (Å²) in [4.78, 5) is 16.5. The zero-order chi connectivity index (χ0) is 17.1. The minimum Gasteiger partial charge on any atom is -0.497 e. The average Bonchev–Trinajstić information content (AvgIpc) is 2.61. The van der Waals surface area contributed by atoms with Gasteiger partial charge in [0.2, 0.25) is 5.91 Å². The fourth-order valence-electron chi connectivity index (χ4n) is 3.01. The molecule has 1 heterocycles. The Hall–Kier alpha value is -2.40. The number of ether oxygens (including phenoxy) is 1. The van der Waals surface area contributed by atoms with Crippen LogP contribution in [0.3, 0.4) is 0 Å². The van der Waals surface area contributed by atoms with Crippen LogP contribution in [0.5, 0.6) is 5.75 Å². The van der Waals surface area contributed by atoms with Crippen LogP contribution in [0, 0.1) is 5.82 Å². The lowest BCUT2D eigenvalue weighted by atomic mass is 10.1. The fourth-order valence-corrected chi connectivity index (χ4v) is 3.01. The molecule has 4 nitrogen and oxygen atoms in total. The summed E-state index contributed by atoms with van der Waals surface area (Å²) < 4.78 is 19.1. The first kappa shape index (κ1) is 16.5. The number of piperazine rings is 1. The highest BCUT2D eigenvalue weighted by atomic mass is 19.1. The lowest BCUT2D eigenvalue weighted by Crippen LogP contribution is -2.55. The van der Waals surface area contributed by atoms with Gasteiger partial charge >= 0.3 is 0 Å². The lowest BCUT2D eigenvalue weighted by Gasteiger charge is -2.39. The molecule has 3 rings (SSSR count). The molecule has 0 radical (unpaired) electrons. The molecule has 126 valence electrons. The zero-order valence-electron chi connectivity index (χ0n) is 13.9. The van der Waals surface area contributed by atoms with Crippen LogP contribution >= 0.6 is 0 Å². The Balaban J connectivity index is 1.75. The first-order chi connectivity index (χ1) is 11.6. The molecule has 1 saturated heterocycles. The molecule has 1 aliphatic heterocycles. The van der Waals surface area contributed by atoms with E-state index in [0.717, 1.165) is 11.4 Å². The topological polar surface area (TPSA) is 32.8 Å². The van der Waals surface area contributed by atoms with Crippen LogP contribution in [0.2, 0.25) is 0 Å². The number of methoxy groups -OCH3 is 1. The molecule has 1 fully saturated rings. The van der Waals surface area contributed by atoms with Crippen molar-refractivity contribution in [3.05, 3.63) is 59.9 Å². The van der Waals surface area contributed by atoms with E-state index < -0.39 is 0 Å². The van der Waals surface area contributed by atoms with Crippen molar-refractivity contribution in [1.82, 2.24) is 4.90 Å². The first-order valence-corrected chi connectivity index (χ1v) is 8.03. The predicted molar refractivity (Wildman–Crippen MR) is 91.6 cm³/mol. The van der Waals surface area contributed by atoms with E-state index in [1.165, 1.54) is 6.07 Å². The number of carbonyl (C=O) groups is 1. The number of anilines is 1. The van der Waals surface area contributed by atoms with Gasteiger partial charge in [-0.2, -0.15) is 0 Å². The van der Waals surface area contributed by atoms with Gasteiger partial charge in [0.05, 0.1) is 13.2 Å². The van der Waals surface area contributed by atoms with Gasteiger partial charge in [0.15, 0.2) is 0 Å². The molecule has 5 heteroatoms. The number of amides is 1. The second-order valence-electron chi connectivity index (χ2n) is 5.93. The lowest BCUT2D eigenvalue weighted by molar-refractivity contribution is -0.125. The Morgan fingerprint density at radius 3 is 2.71 bits per heavy atom. The van der Waals surface area contributed by atoms with E-state index in [9.17, 15) is 9.18 Å².